The Morgan fingerprint density at radius 1 is 1.28 bits per heavy atom. The van der Waals surface area contributed by atoms with Crippen molar-refractivity contribution in [3.63, 3.8) is 0 Å². The zero-order chi connectivity index (χ0) is 18.6. The zero-order valence-corrected chi connectivity index (χ0v) is 16.9. The molecule has 6 nitrogen and oxygen atoms in total. The van der Waals surface area contributed by atoms with E-state index in [2.05, 4.69) is 26.2 Å². The van der Waals surface area contributed by atoms with E-state index in [4.69, 9.17) is 21.1 Å². The second-order valence-corrected chi connectivity index (χ2v) is 6.65. The van der Waals surface area contributed by atoms with Crippen LogP contribution in [0.2, 0.25) is 5.15 Å². The second kappa shape index (κ2) is 8.58. The molecule has 0 saturated carbocycles. The fourth-order valence-corrected chi connectivity index (χ4v) is 3.30. The standard InChI is InChI=1S/C17H21BrClN3O3/c1-5-10(6-2)22-9-14(19)20-16(17(22)23)21-15-12(18)7-11(24-3)8-13(15)25-4/h7-10H,5-6H2,1-4H3,(H,20,21). The maximum atomic E-state index is 12.8. The molecular formula is C17H21BrClN3O3. The summed E-state index contributed by atoms with van der Waals surface area (Å²) in [7, 11) is 3.11. The lowest BCUT2D eigenvalue weighted by molar-refractivity contribution is 0.395. The summed E-state index contributed by atoms with van der Waals surface area (Å²) in [4.78, 5) is 17.0. The molecule has 0 atom stereocenters. The number of anilines is 2. The number of halogens is 2. The highest BCUT2D eigenvalue weighted by Gasteiger charge is 2.17. The third kappa shape index (κ3) is 4.27. The van der Waals surface area contributed by atoms with Crippen molar-refractivity contribution in [2.24, 2.45) is 0 Å². The number of hydrogen-bond acceptors (Lipinski definition) is 5. The Morgan fingerprint density at radius 3 is 2.52 bits per heavy atom. The van der Waals surface area contributed by atoms with Gasteiger partial charge in [0.2, 0.25) is 0 Å². The van der Waals surface area contributed by atoms with Gasteiger partial charge in [-0.2, -0.15) is 0 Å². The second-order valence-electron chi connectivity index (χ2n) is 5.41. The van der Waals surface area contributed by atoms with Gasteiger partial charge in [-0.15, -0.1) is 0 Å². The third-order valence-electron chi connectivity index (χ3n) is 3.96. The summed E-state index contributed by atoms with van der Waals surface area (Å²) < 4.78 is 12.9. The van der Waals surface area contributed by atoms with Crippen molar-refractivity contribution in [3.05, 3.63) is 38.3 Å². The van der Waals surface area contributed by atoms with E-state index in [0.717, 1.165) is 12.8 Å². The van der Waals surface area contributed by atoms with Crippen LogP contribution >= 0.6 is 27.5 Å². The van der Waals surface area contributed by atoms with Crippen LogP contribution in [0, 0.1) is 0 Å². The van der Waals surface area contributed by atoms with Crippen LogP contribution in [0.5, 0.6) is 11.5 Å². The lowest BCUT2D eigenvalue weighted by Gasteiger charge is -2.19. The Morgan fingerprint density at radius 2 is 1.96 bits per heavy atom. The van der Waals surface area contributed by atoms with E-state index < -0.39 is 0 Å². The summed E-state index contributed by atoms with van der Waals surface area (Å²) in [5.74, 6) is 1.29. The Hall–Kier alpha value is -1.73. The van der Waals surface area contributed by atoms with Crippen LogP contribution < -0.4 is 20.3 Å². The van der Waals surface area contributed by atoms with Crippen molar-refractivity contribution in [1.29, 1.82) is 0 Å². The van der Waals surface area contributed by atoms with E-state index in [0.29, 0.717) is 21.7 Å². The summed E-state index contributed by atoms with van der Waals surface area (Å²) in [5.41, 5.74) is 0.342. The van der Waals surface area contributed by atoms with Crippen molar-refractivity contribution in [3.8, 4) is 11.5 Å². The van der Waals surface area contributed by atoms with E-state index in [-0.39, 0.29) is 22.6 Å². The number of benzene rings is 1. The quantitative estimate of drug-likeness (QED) is 0.685. The molecule has 1 aromatic heterocycles. The van der Waals surface area contributed by atoms with Gasteiger partial charge in [0, 0.05) is 22.8 Å². The molecule has 136 valence electrons. The monoisotopic (exact) mass is 429 g/mol. The Bertz CT molecular complexity index is 806. The number of nitrogens with zero attached hydrogens (tertiary/aromatic N) is 2. The molecule has 0 fully saturated rings. The van der Waals surface area contributed by atoms with Crippen LogP contribution in [-0.2, 0) is 0 Å². The molecule has 0 bridgehead atoms. The zero-order valence-electron chi connectivity index (χ0n) is 14.6. The third-order valence-corrected chi connectivity index (χ3v) is 4.77. The van der Waals surface area contributed by atoms with Gasteiger partial charge in [-0.3, -0.25) is 4.79 Å². The maximum Gasteiger partial charge on any atom is 0.294 e. The highest BCUT2D eigenvalue weighted by molar-refractivity contribution is 9.10. The smallest absolute Gasteiger partial charge is 0.294 e. The van der Waals surface area contributed by atoms with Crippen LogP contribution in [0.15, 0.2) is 27.6 Å². The van der Waals surface area contributed by atoms with Crippen molar-refractivity contribution in [2.75, 3.05) is 19.5 Å². The fourth-order valence-electron chi connectivity index (χ4n) is 2.59. The minimum Gasteiger partial charge on any atom is -0.497 e. The number of ether oxygens (including phenoxy) is 2. The number of hydrogen-bond donors (Lipinski definition) is 1. The van der Waals surface area contributed by atoms with Crippen molar-refractivity contribution >= 4 is 39.0 Å². The summed E-state index contributed by atoms with van der Waals surface area (Å²) in [6.07, 6.45) is 3.23. The lowest BCUT2D eigenvalue weighted by Crippen LogP contribution is -2.27. The summed E-state index contributed by atoms with van der Waals surface area (Å²) in [6, 6.07) is 3.56. The van der Waals surface area contributed by atoms with Gasteiger partial charge >= 0.3 is 0 Å². The summed E-state index contributed by atoms with van der Waals surface area (Å²) in [5, 5.41) is 3.29. The average molecular weight is 431 g/mol. The van der Waals surface area contributed by atoms with Crippen LogP contribution in [0.25, 0.3) is 0 Å². The van der Waals surface area contributed by atoms with Gasteiger partial charge in [-0.1, -0.05) is 25.4 Å². The van der Waals surface area contributed by atoms with Crippen LogP contribution in [0.1, 0.15) is 32.7 Å². The summed E-state index contributed by atoms with van der Waals surface area (Å²) in [6.45, 7) is 4.07. The van der Waals surface area contributed by atoms with Crippen molar-refractivity contribution in [2.45, 2.75) is 32.7 Å². The van der Waals surface area contributed by atoms with E-state index in [1.165, 1.54) is 0 Å². The van der Waals surface area contributed by atoms with E-state index in [1.54, 1.807) is 37.1 Å². The van der Waals surface area contributed by atoms with Gasteiger partial charge in [-0.05, 0) is 34.8 Å². The van der Waals surface area contributed by atoms with Gasteiger partial charge in [-0.25, -0.2) is 4.98 Å². The van der Waals surface area contributed by atoms with Gasteiger partial charge in [0.05, 0.1) is 19.9 Å². The van der Waals surface area contributed by atoms with E-state index in [1.807, 2.05) is 13.8 Å². The molecule has 25 heavy (non-hydrogen) atoms. The predicted octanol–water partition coefficient (Wildman–Crippen LogP) is 4.78. The molecule has 0 aliphatic rings. The molecule has 0 spiro atoms. The highest BCUT2D eigenvalue weighted by atomic mass is 79.9. The SMILES string of the molecule is CCC(CC)n1cc(Cl)nc(Nc2c(Br)cc(OC)cc2OC)c1=O. The average Bonchev–Trinajstić information content (AvgIpc) is 2.60. The molecule has 8 heteroatoms. The molecular weight excluding hydrogens is 410 g/mol. The van der Waals surface area contributed by atoms with Crippen LogP contribution in [0.3, 0.4) is 0 Å². The van der Waals surface area contributed by atoms with Gasteiger partial charge in [0.15, 0.2) is 5.82 Å². The van der Waals surface area contributed by atoms with Gasteiger partial charge in [0.1, 0.15) is 16.7 Å². The molecule has 0 amide bonds. The minimum atomic E-state index is -0.233. The first-order valence-electron chi connectivity index (χ1n) is 7.92. The molecule has 0 radical (unpaired) electrons. The maximum absolute atomic E-state index is 12.8. The Kier molecular flexibility index (Phi) is 6.72. The minimum absolute atomic E-state index is 0.0646. The lowest BCUT2D eigenvalue weighted by atomic mass is 10.1. The topological polar surface area (TPSA) is 65.4 Å². The molecule has 0 unspecified atom stereocenters. The fraction of sp³-hybridized carbons (Fsp3) is 0.412. The molecule has 2 aromatic rings. The first-order valence-corrected chi connectivity index (χ1v) is 9.09. The highest BCUT2D eigenvalue weighted by Crippen LogP contribution is 2.38. The largest absolute Gasteiger partial charge is 0.497 e. The Balaban J connectivity index is 2.53. The first kappa shape index (κ1) is 19.6. The molecule has 1 heterocycles. The van der Waals surface area contributed by atoms with E-state index in [9.17, 15) is 4.79 Å². The number of rotatable bonds is 7. The normalized spacial score (nSPS) is 10.8. The van der Waals surface area contributed by atoms with Gasteiger partial charge < -0.3 is 19.4 Å². The van der Waals surface area contributed by atoms with Crippen molar-refractivity contribution < 1.29 is 9.47 Å². The van der Waals surface area contributed by atoms with Crippen molar-refractivity contribution in [1.82, 2.24) is 9.55 Å². The van der Waals surface area contributed by atoms with Crippen LogP contribution in [-0.4, -0.2) is 23.8 Å². The Labute approximate surface area is 160 Å². The predicted molar refractivity (Wildman–Crippen MR) is 104 cm³/mol. The molecule has 1 N–H and O–H groups in total. The summed E-state index contributed by atoms with van der Waals surface area (Å²) >= 11 is 9.60. The van der Waals surface area contributed by atoms with Crippen LogP contribution in [0.4, 0.5) is 11.5 Å². The number of aromatic nitrogens is 2. The molecule has 0 aliphatic carbocycles. The first-order chi connectivity index (χ1) is 11.9. The molecule has 1 aromatic carbocycles. The van der Waals surface area contributed by atoms with E-state index >= 15 is 0 Å². The molecule has 0 aliphatic heterocycles. The molecule has 2 rings (SSSR count). The molecule has 0 saturated heterocycles. The van der Waals surface area contributed by atoms with Gasteiger partial charge in [0.25, 0.3) is 5.56 Å². The number of methoxy groups -OCH3 is 2. The number of nitrogens with one attached hydrogen (secondary N) is 1.